The number of nitrogens with one attached hydrogen (secondary N) is 2. The van der Waals surface area contributed by atoms with Crippen molar-refractivity contribution in [3.63, 3.8) is 0 Å². The van der Waals surface area contributed by atoms with Gasteiger partial charge in [0.2, 0.25) is 0 Å². The first-order valence-electron chi connectivity index (χ1n) is 20.8. The van der Waals surface area contributed by atoms with Crippen molar-refractivity contribution in [2.45, 2.75) is 194 Å². The zero-order valence-electron chi connectivity index (χ0n) is 33.3. The summed E-state index contributed by atoms with van der Waals surface area (Å²) in [4.78, 5) is 9.53. The topological polar surface area (TPSA) is 48.8 Å². The molecular weight excluding hydrogens is 667 g/mol. The smallest absolute Gasteiger partial charge is 0.132 e. The van der Waals surface area contributed by atoms with Crippen LogP contribution in [0.3, 0.4) is 0 Å². The summed E-state index contributed by atoms with van der Waals surface area (Å²) in [6, 6.07) is 17.2. The van der Waals surface area contributed by atoms with E-state index in [9.17, 15) is 0 Å². The van der Waals surface area contributed by atoms with Crippen molar-refractivity contribution in [2.75, 3.05) is 10.6 Å². The van der Waals surface area contributed by atoms with Crippen molar-refractivity contribution in [3.05, 3.63) is 48.5 Å². The Balaban J connectivity index is 0.0000130. The molecule has 0 aromatic heterocycles. The molecule has 0 unspecified atom stereocenters. The average Bonchev–Trinajstić information content (AvgIpc) is 3.10. The zero-order valence-corrected chi connectivity index (χ0v) is 34.3. The van der Waals surface area contributed by atoms with Gasteiger partial charge in [0.25, 0.3) is 0 Å². The number of unbranched alkanes of at least 4 members (excludes halogenated alkanes) is 22. The van der Waals surface area contributed by atoms with Gasteiger partial charge in [-0.1, -0.05) is 148 Å². The largest absolute Gasteiger partial charge is 0.383 e. The molecule has 0 fully saturated rings. The summed E-state index contributed by atoms with van der Waals surface area (Å²) in [6.07, 6.45) is 33.7. The van der Waals surface area contributed by atoms with Gasteiger partial charge in [0, 0.05) is 46.4 Å². The fourth-order valence-electron chi connectivity index (χ4n) is 6.28. The number of nitrogens with zero attached hydrogens (tertiary/aromatic N) is 2. The summed E-state index contributed by atoms with van der Waals surface area (Å²) in [6.45, 7) is 10.9. The third kappa shape index (κ3) is 26.8. The van der Waals surface area contributed by atoms with Crippen LogP contribution in [-0.4, -0.2) is 24.0 Å². The minimum absolute atomic E-state index is 0. The van der Waals surface area contributed by atoms with E-state index in [2.05, 4.69) is 81.4 Å². The average molecular weight is 742 g/mol. The van der Waals surface area contributed by atoms with Crippen LogP contribution < -0.4 is 10.6 Å². The van der Waals surface area contributed by atoms with Crippen molar-refractivity contribution in [3.8, 4) is 11.8 Å². The Morgan fingerprint density at radius 2 is 0.882 bits per heavy atom. The summed E-state index contributed by atoms with van der Waals surface area (Å²) < 4.78 is 0. The van der Waals surface area contributed by atoms with Gasteiger partial charge in [-0.25, -0.2) is 4.99 Å². The fourth-order valence-corrected chi connectivity index (χ4v) is 6.28. The predicted octanol–water partition coefficient (Wildman–Crippen LogP) is 14.8. The van der Waals surface area contributed by atoms with Gasteiger partial charge in [-0.2, -0.15) is 0 Å². The first-order chi connectivity index (χ1) is 24.5. The molecule has 0 atom stereocenters. The number of aliphatic imine (C=N–C) groups is 2. The third-order valence-corrected chi connectivity index (χ3v) is 9.10. The molecule has 0 spiro atoms. The first kappa shape index (κ1) is 46.5. The minimum Gasteiger partial charge on any atom is -0.383 e. The van der Waals surface area contributed by atoms with Crippen LogP contribution >= 0.6 is 0 Å². The fraction of sp³-hybridized carbons (Fsp3) is 0.652. The third-order valence-electron chi connectivity index (χ3n) is 9.10. The van der Waals surface area contributed by atoms with Crippen LogP contribution in [0, 0.1) is 11.8 Å². The number of anilines is 2. The van der Waals surface area contributed by atoms with E-state index in [1.165, 1.54) is 135 Å². The number of rotatable bonds is 29. The molecule has 0 heterocycles. The summed E-state index contributed by atoms with van der Waals surface area (Å²) in [5.74, 6) is 6.69. The molecule has 2 aromatic carbocycles. The van der Waals surface area contributed by atoms with Crippen molar-refractivity contribution in [1.82, 2.24) is 0 Å². The summed E-state index contributed by atoms with van der Waals surface area (Å²) >= 11 is 0. The SMILES string of the molecule is CCCCCCCCCCCCCCCCCCCCCCCCC#CC(/C=N/c1ccc(NC(C)C)cc1)=N\c1ccc(NC(C)C)cc1.[Ni]. The van der Waals surface area contributed by atoms with Crippen molar-refractivity contribution in [2.24, 2.45) is 9.98 Å². The Morgan fingerprint density at radius 3 is 1.25 bits per heavy atom. The van der Waals surface area contributed by atoms with Crippen molar-refractivity contribution in [1.29, 1.82) is 0 Å². The van der Waals surface area contributed by atoms with Crippen LogP contribution in [-0.2, 0) is 16.5 Å². The van der Waals surface area contributed by atoms with Gasteiger partial charge >= 0.3 is 0 Å². The van der Waals surface area contributed by atoms with E-state index < -0.39 is 0 Å². The van der Waals surface area contributed by atoms with E-state index in [4.69, 9.17) is 9.98 Å². The Hall–Kier alpha value is -2.57. The molecule has 0 aliphatic heterocycles. The predicted molar refractivity (Wildman–Crippen MR) is 225 cm³/mol. The molecule has 0 bridgehead atoms. The second-order valence-electron chi connectivity index (χ2n) is 14.9. The molecular formula is C46H74N4Ni. The molecule has 2 aromatic rings. The van der Waals surface area contributed by atoms with Crippen molar-refractivity contribution < 1.29 is 16.5 Å². The molecule has 4 nitrogen and oxygen atoms in total. The molecule has 5 heteroatoms. The second kappa shape index (κ2) is 32.1. The van der Waals surface area contributed by atoms with E-state index in [0.29, 0.717) is 17.8 Å². The van der Waals surface area contributed by atoms with Gasteiger partial charge in [0.05, 0.1) is 17.6 Å². The molecule has 51 heavy (non-hydrogen) atoms. The monoisotopic (exact) mass is 741 g/mol. The van der Waals surface area contributed by atoms with Crippen LogP contribution in [0.4, 0.5) is 22.7 Å². The standard InChI is InChI=1S/C46H74N4.Ni/c1-6-7-8-9-10-11-12-13-14-15-16-17-18-19-20-21-22-23-24-25-26-27-28-29-30-46(50-45-37-35-44(36-38-45)49-41(4)5)39-47-42-31-33-43(34-32-42)48-40(2)3;/h31-41,48-49H,6-28H2,1-5H3;/b47-39+,50-46+;. The van der Waals surface area contributed by atoms with Crippen molar-refractivity contribution >= 4 is 34.7 Å². The normalized spacial score (nSPS) is 11.5. The molecule has 288 valence electrons. The Labute approximate surface area is 325 Å². The van der Waals surface area contributed by atoms with E-state index in [1.807, 2.05) is 24.3 Å². The Kier molecular flexibility index (Phi) is 29.3. The summed E-state index contributed by atoms with van der Waals surface area (Å²) in [7, 11) is 0. The quantitative estimate of drug-likeness (QED) is 0.0377. The molecule has 0 saturated carbocycles. The van der Waals surface area contributed by atoms with E-state index in [1.54, 1.807) is 6.21 Å². The Morgan fingerprint density at radius 1 is 0.529 bits per heavy atom. The van der Waals surface area contributed by atoms with Gasteiger partial charge in [-0.05, 0) is 88.6 Å². The van der Waals surface area contributed by atoms with Gasteiger partial charge in [0.15, 0.2) is 0 Å². The number of benzene rings is 2. The minimum atomic E-state index is 0. The first-order valence-corrected chi connectivity index (χ1v) is 20.8. The van der Waals surface area contributed by atoms with E-state index in [-0.39, 0.29) is 16.5 Å². The van der Waals surface area contributed by atoms with Crippen LogP contribution in [0.25, 0.3) is 0 Å². The van der Waals surface area contributed by atoms with E-state index >= 15 is 0 Å². The summed E-state index contributed by atoms with van der Waals surface area (Å²) in [5.41, 5.74) is 4.67. The van der Waals surface area contributed by atoms with E-state index in [0.717, 1.165) is 35.6 Å². The van der Waals surface area contributed by atoms with Crippen LogP contribution in [0.5, 0.6) is 0 Å². The Bertz CT molecular complexity index is 1200. The van der Waals surface area contributed by atoms with Gasteiger partial charge < -0.3 is 10.6 Å². The molecule has 0 aliphatic carbocycles. The molecule has 2 N–H and O–H groups in total. The van der Waals surface area contributed by atoms with Crippen LogP contribution in [0.1, 0.15) is 182 Å². The molecule has 0 aliphatic rings. The maximum atomic E-state index is 4.83. The number of hydrogen-bond acceptors (Lipinski definition) is 4. The van der Waals surface area contributed by atoms with Gasteiger partial charge in [-0.3, -0.25) is 4.99 Å². The maximum Gasteiger partial charge on any atom is 0.132 e. The second-order valence-corrected chi connectivity index (χ2v) is 14.9. The zero-order chi connectivity index (χ0) is 35.9. The molecule has 2 rings (SSSR count). The number of hydrogen-bond donors (Lipinski definition) is 2. The maximum absolute atomic E-state index is 4.83. The molecule has 0 saturated heterocycles. The van der Waals surface area contributed by atoms with Gasteiger partial charge in [0.1, 0.15) is 5.71 Å². The summed E-state index contributed by atoms with van der Waals surface area (Å²) in [5, 5.41) is 6.86. The van der Waals surface area contributed by atoms with Crippen LogP contribution in [0.2, 0.25) is 0 Å². The molecule has 0 radical (unpaired) electrons. The van der Waals surface area contributed by atoms with Crippen LogP contribution in [0.15, 0.2) is 58.5 Å². The molecule has 0 amide bonds. The van der Waals surface area contributed by atoms with Gasteiger partial charge in [-0.15, -0.1) is 0 Å².